The van der Waals surface area contributed by atoms with Crippen molar-refractivity contribution >= 4 is 23.5 Å². The molecule has 2 aromatic carbocycles. The van der Waals surface area contributed by atoms with Crippen LogP contribution in [0.2, 0.25) is 0 Å². The predicted molar refractivity (Wildman–Crippen MR) is 104 cm³/mol. The third-order valence-electron chi connectivity index (χ3n) is 4.11. The zero-order valence-corrected chi connectivity index (χ0v) is 16.3. The molecule has 0 fully saturated rings. The van der Waals surface area contributed by atoms with Crippen molar-refractivity contribution in [2.24, 2.45) is 0 Å². The highest BCUT2D eigenvalue weighted by Crippen LogP contribution is 2.30. The third kappa shape index (κ3) is 5.26. The van der Waals surface area contributed by atoms with Gasteiger partial charge in [-0.1, -0.05) is 17.7 Å². The molecule has 2 aromatic rings. The lowest BCUT2D eigenvalue weighted by molar-refractivity contribution is -0.139. The summed E-state index contributed by atoms with van der Waals surface area (Å²) in [6, 6.07) is 11.1. The fourth-order valence-corrected chi connectivity index (χ4v) is 3.51. The second-order valence-corrected chi connectivity index (χ2v) is 7.37. The highest BCUT2D eigenvalue weighted by molar-refractivity contribution is 8.00. The monoisotopic (exact) mass is 386 g/mol. The van der Waals surface area contributed by atoms with E-state index in [0.717, 1.165) is 16.9 Å². The Morgan fingerprint density at radius 2 is 1.81 bits per heavy atom. The summed E-state index contributed by atoms with van der Waals surface area (Å²) in [7, 11) is 0. The molecule has 3 rings (SSSR count). The van der Waals surface area contributed by atoms with Crippen molar-refractivity contribution < 1.29 is 23.8 Å². The fourth-order valence-electron chi connectivity index (χ4n) is 2.71. The molecule has 0 bridgehead atoms. The third-order valence-corrected chi connectivity index (χ3v) is 5.26. The maximum atomic E-state index is 12.3. The van der Waals surface area contributed by atoms with Crippen LogP contribution in [0.15, 0.2) is 41.3 Å². The molecular weight excluding hydrogens is 364 g/mol. The SMILES string of the molecule is Cc1ccc(SCC(=O)OCC(=O)c2ccc3c(c2)OCCCO3)c(C)c1. The van der Waals surface area contributed by atoms with Crippen molar-refractivity contribution in [1.29, 1.82) is 0 Å². The highest BCUT2D eigenvalue weighted by Gasteiger charge is 2.16. The van der Waals surface area contributed by atoms with Gasteiger partial charge in [-0.2, -0.15) is 0 Å². The second kappa shape index (κ2) is 8.95. The van der Waals surface area contributed by atoms with Crippen molar-refractivity contribution in [3.8, 4) is 11.5 Å². The van der Waals surface area contributed by atoms with Crippen molar-refractivity contribution in [2.75, 3.05) is 25.6 Å². The van der Waals surface area contributed by atoms with Crippen molar-refractivity contribution in [3.05, 3.63) is 53.1 Å². The smallest absolute Gasteiger partial charge is 0.316 e. The molecule has 0 spiro atoms. The quantitative estimate of drug-likeness (QED) is 0.425. The number of carbonyl (C=O) groups is 2. The number of carbonyl (C=O) groups excluding carboxylic acids is 2. The number of esters is 1. The van der Waals surface area contributed by atoms with Crippen LogP contribution in [-0.4, -0.2) is 37.3 Å². The Bertz CT molecular complexity index is 846. The molecule has 27 heavy (non-hydrogen) atoms. The number of rotatable bonds is 6. The van der Waals surface area contributed by atoms with Crippen LogP contribution in [0.1, 0.15) is 27.9 Å². The van der Waals surface area contributed by atoms with Gasteiger partial charge in [0, 0.05) is 16.9 Å². The van der Waals surface area contributed by atoms with E-state index < -0.39 is 5.97 Å². The number of ether oxygens (including phenoxy) is 3. The average Bonchev–Trinajstić information content (AvgIpc) is 2.90. The van der Waals surface area contributed by atoms with E-state index in [1.807, 2.05) is 26.0 Å². The van der Waals surface area contributed by atoms with Crippen LogP contribution in [0.5, 0.6) is 11.5 Å². The molecule has 0 aliphatic carbocycles. The Morgan fingerprint density at radius 3 is 2.59 bits per heavy atom. The molecule has 0 saturated carbocycles. The molecule has 6 heteroatoms. The van der Waals surface area contributed by atoms with Crippen molar-refractivity contribution in [1.82, 2.24) is 0 Å². The minimum Gasteiger partial charge on any atom is -0.490 e. The van der Waals surface area contributed by atoms with E-state index in [1.165, 1.54) is 17.3 Å². The van der Waals surface area contributed by atoms with Gasteiger partial charge in [0.2, 0.25) is 0 Å². The topological polar surface area (TPSA) is 61.8 Å². The van der Waals surface area contributed by atoms with Gasteiger partial charge in [0.1, 0.15) is 0 Å². The van der Waals surface area contributed by atoms with Gasteiger partial charge in [-0.15, -0.1) is 11.8 Å². The normalized spacial score (nSPS) is 13.0. The van der Waals surface area contributed by atoms with Gasteiger partial charge in [0.15, 0.2) is 23.9 Å². The Hall–Kier alpha value is -2.47. The first-order valence-electron chi connectivity index (χ1n) is 8.81. The van der Waals surface area contributed by atoms with Gasteiger partial charge < -0.3 is 14.2 Å². The van der Waals surface area contributed by atoms with E-state index in [9.17, 15) is 9.59 Å². The molecule has 0 radical (unpaired) electrons. The zero-order chi connectivity index (χ0) is 19.2. The molecule has 1 aliphatic rings. The minimum absolute atomic E-state index is 0.165. The number of Topliss-reactive ketones (excluding diaryl/α,β-unsaturated/α-hetero) is 1. The Kier molecular flexibility index (Phi) is 6.40. The lowest BCUT2D eigenvalue weighted by atomic mass is 10.1. The van der Waals surface area contributed by atoms with E-state index in [1.54, 1.807) is 18.2 Å². The summed E-state index contributed by atoms with van der Waals surface area (Å²) >= 11 is 1.41. The number of hydrogen-bond donors (Lipinski definition) is 0. The van der Waals surface area contributed by atoms with E-state index in [2.05, 4.69) is 6.07 Å². The number of ketones is 1. The molecule has 0 amide bonds. The van der Waals surface area contributed by atoms with Gasteiger partial charge in [0.05, 0.1) is 19.0 Å². The minimum atomic E-state index is -0.414. The number of aryl methyl sites for hydroxylation is 2. The maximum Gasteiger partial charge on any atom is 0.316 e. The summed E-state index contributed by atoms with van der Waals surface area (Å²) in [5, 5.41) is 0. The van der Waals surface area contributed by atoms with Gasteiger partial charge in [-0.25, -0.2) is 0 Å². The molecule has 0 unspecified atom stereocenters. The Balaban J connectivity index is 1.51. The molecular formula is C21H22O5S. The van der Waals surface area contributed by atoms with Crippen LogP contribution in [0.25, 0.3) is 0 Å². The molecule has 1 aliphatic heterocycles. The predicted octanol–water partition coefficient (Wildman–Crippen LogP) is 3.98. The van der Waals surface area contributed by atoms with Gasteiger partial charge in [0.25, 0.3) is 0 Å². The van der Waals surface area contributed by atoms with Gasteiger partial charge >= 0.3 is 5.97 Å². The molecule has 5 nitrogen and oxygen atoms in total. The number of benzene rings is 2. The Morgan fingerprint density at radius 1 is 1.04 bits per heavy atom. The van der Waals surface area contributed by atoms with E-state index in [-0.39, 0.29) is 18.1 Å². The van der Waals surface area contributed by atoms with E-state index in [0.29, 0.717) is 30.3 Å². The molecule has 0 N–H and O–H groups in total. The summed E-state index contributed by atoms with van der Waals surface area (Å²) < 4.78 is 16.3. The van der Waals surface area contributed by atoms with E-state index in [4.69, 9.17) is 14.2 Å². The van der Waals surface area contributed by atoms with Crippen molar-refractivity contribution in [2.45, 2.75) is 25.2 Å². The first-order valence-corrected chi connectivity index (χ1v) is 9.80. The first-order chi connectivity index (χ1) is 13.0. The first kappa shape index (κ1) is 19.3. The fraction of sp³-hybridized carbons (Fsp3) is 0.333. The lowest BCUT2D eigenvalue weighted by Gasteiger charge is -2.09. The summed E-state index contributed by atoms with van der Waals surface area (Å²) in [6.07, 6.45) is 0.799. The standard InChI is InChI=1S/C21H22O5S/c1-14-4-7-20(15(2)10-14)27-13-21(23)26-12-17(22)16-5-6-18-19(11-16)25-9-3-8-24-18/h4-7,10-11H,3,8-9,12-13H2,1-2H3. The van der Waals surface area contributed by atoms with Gasteiger partial charge in [-0.05, 0) is 43.7 Å². The lowest BCUT2D eigenvalue weighted by Crippen LogP contribution is -2.15. The number of thioether (sulfide) groups is 1. The highest BCUT2D eigenvalue weighted by atomic mass is 32.2. The largest absolute Gasteiger partial charge is 0.490 e. The maximum absolute atomic E-state index is 12.3. The average molecular weight is 386 g/mol. The Labute approximate surface area is 163 Å². The van der Waals surface area contributed by atoms with Crippen LogP contribution < -0.4 is 9.47 Å². The molecule has 0 atom stereocenters. The summed E-state index contributed by atoms with van der Waals surface area (Å²) in [5.41, 5.74) is 2.74. The molecule has 0 aromatic heterocycles. The van der Waals surface area contributed by atoms with Crippen LogP contribution in [0.3, 0.4) is 0 Å². The molecule has 142 valence electrons. The van der Waals surface area contributed by atoms with Crippen LogP contribution >= 0.6 is 11.8 Å². The van der Waals surface area contributed by atoms with Crippen molar-refractivity contribution in [3.63, 3.8) is 0 Å². The van der Waals surface area contributed by atoms with Crippen LogP contribution in [0, 0.1) is 13.8 Å². The molecule has 1 heterocycles. The number of hydrogen-bond acceptors (Lipinski definition) is 6. The molecule has 0 saturated heterocycles. The number of fused-ring (bicyclic) bond motifs is 1. The van der Waals surface area contributed by atoms with E-state index >= 15 is 0 Å². The van der Waals surface area contributed by atoms with Crippen LogP contribution in [-0.2, 0) is 9.53 Å². The second-order valence-electron chi connectivity index (χ2n) is 6.35. The van der Waals surface area contributed by atoms with Crippen LogP contribution in [0.4, 0.5) is 0 Å². The summed E-state index contributed by atoms with van der Waals surface area (Å²) in [5.74, 6) is 0.664. The van der Waals surface area contributed by atoms with Gasteiger partial charge in [-0.3, -0.25) is 9.59 Å². The summed E-state index contributed by atoms with van der Waals surface area (Å²) in [4.78, 5) is 25.3. The zero-order valence-electron chi connectivity index (χ0n) is 15.4. The summed E-state index contributed by atoms with van der Waals surface area (Å²) in [6.45, 7) is 4.90.